The molecule has 0 radical (unpaired) electrons. The Morgan fingerprint density at radius 2 is 1.64 bits per heavy atom. The van der Waals surface area contributed by atoms with Crippen LogP contribution in [0.4, 0.5) is 0 Å². The Hall–Kier alpha value is -1.85. The van der Waals surface area contributed by atoms with Gasteiger partial charge in [0.15, 0.2) is 0 Å². The summed E-state index contributed by atoms with van der Waals surface area (Å²) in [5, 5.41) is 0. The summed E-state index contributed by atoms with van der Waals surface area (Å²) < 4.78 is 32.8. The zero-order chi connectivity index (χ0) is 16.0. The molecule has 0 N–H and O–H groups in total. The highest BCUT2D eigenvalue weighted by Crippen LogP contribution is 2.21. The summed E-state index contributed by atoms with van der Waals surface area (Å²) in [6.07, 6.45) is 1.27. The molecule has 0 aliphatic carbocycles. The Morgan fingerprint density at radius 1 is 1.00 bits per heavy atom. The third-order valence-electron chi connectivity index (χ3n) is 3.02. The second kappa shape index (κ2) is 7.42. The van der Waals surface area contributed by atoms with E-state index in [0.29, 0.717) is 0 Å². The van der Waals surface area contributed by atoms with Crippen LogP contribution in [0.3, 0.4) is 0 Å². The van der Waals surface area contributed by atoms with Crippen LogP contribution in [0, 0.1) is 0 Å². The van der Waals surface area contributed by atoms with Crippen LogP contribution in [0.1, 0.15) is 18.1 Å². The highest BCUT2D eigenvalue weighted by Gasteiger charge is 2.12. The van der Waals surface area contributed by atoms with E-state index in [1.807, 2.05) is 42.5 Å². The Morgan fingerprint density at radius 3 is 2.32 bits per heavy atom. The van der Waals surface area contributed by atoms with E-state index < -0.39 is 16.2 Å². The lowest BCUT2D eigenvalue weighted by Crippen LogP contribution is -2.21. The van der Waals surface area contributed by atoms with Crippen molar-refractivity contribution < 1.29 is 17.3 Å². The Labute approximate surface area is 131 Å². The molecule has 0 bridgehead atoms. The summed E-state index contributed by atoms with van der Waals surface area (Å²) in [5.74, 6) is 0.746. The molecule has 0 amide bonds. The zero-order valence-corrected chi connectivity index (χ0v) is 13.5. The van der Waals surface area contributed by atoms with E-state index >= 15 is 0 Å². The van der Waals surface area contributed by atoms with Crippen LogP contribution in [0.15, 0.2) is 54.6 Å². The van der Waals surface area contributed by atoms with E-state index in [1.54, 1.807) is 6.92 Å². The lowest BCUT2D eigenvalue weighted by molar-refractivity contribution is 0.149. The lowest BCUT2D eigenvalue weighted by Gasteiger charge is -2.15. The van der Waals surface area contributed by atoms with Crippen molar-refractivity contribution in [2.75, 3.05) is 12.9 Å². The fourth-order valence-electron chi connectivity index (χ4n) is 2.14. The van der Waals surface area contributed by atoms with Gasteiger partial charge in [-0.15, -0.1) is 0 Å². The van der Waals surface area contributed by atoms with Gasteiger partial charge in [-0.25, -0.2) is 0 Å². The summed E-state index contributed by atoms with van der Waals surface area (Å²) in [4.78, 5) is 0. The van der Waals surface area contributed by atoms with Crippen LogP contribution in [0.5, 0.6) is 5.75 Å². The smallest absolute Gasteiger partial charge is 0.264 e. The SMILES string of the molecule is C[C@@H](COc1ccccc1Cc1ccccc1)OS(C)(=O)=O. The van der Waals surface area contributed by atoms with Crippen LogP contribution in [0.2, 0.25) is 0 Å². The van der Waals surface area contributed by atoms with E-state index in [9.17, 15) is 8.42 Å². The van der Waals surface area contributed by atoms with Crippen LogP contribution in [-0.2, 0) is 20.7 Å². The van der Waals surface area contributed by atoms with E-state index in [-0.39, 0.29) is 6.61 Å². The van der Waals surface area contributed by atoms with Gasteiger partial charge in [-0.2, -0.15) is 8.42 Å². The van der Waals surface area contributed by atoms with E-state index in [0.717, 1.165) is 24.0 Å². The number of rotatable bonds is 7. The van der Waals surface area contributed by atoms with Gasteiger partial charge in [0.2, 0.25) is 0 Å². The summed E-state index contributed by atoms with van der Waals surface area (Å²) in [5.41, 5.74) is 2.25. The van der Waals surface area contributed by atoms with Gasteiger partial charge in [-0.1, -0.05) is 48.5 Å². The molecule has 0 heterocycles. The third-order valence-corrected chi connectivity index (χ3v) is 3.70. The maximum absolute atomic E-state index is 11.1. The average Bonchev–Trinajstić information content (AvgIpc) is 2.46. The fourth-order valence-corrected chi connectivity index (χ4v) is 2.79. The molecule has 2 aromatic rings. The highest BCUT2D eigenvalue weighted by atomic mass is 32.2. The molecule has 1 atom stereocenters. The molecule has 22 heavy (non-hydrogen) atoms. The van der Waals surface area contributed by atoms with Crippen molar-refractivity contribution in [2.24, 2.45) is 0 Å². The topological polar surface area (TPSA) is 52.6 Å². The molecule has 0 spiro atoms. The highest BCUT2D eigenvalue weighted by molar-refractivity contribution is 7.86. The van der Waals surface area contributed by atoms with Crippen molar-refractivity contribution >= 4 is 10.1 Å². The lowest BCUT2D eigenvalue weighted by atomic mass is 10.0. The van der Waals surface area contributed by atoms with Gasteiger partial charge in [0.25, 0.3) is 10.1 Å². The fraction of sp³-hybridized carbons (Fsp3) is 0.294. The van der Waals surface area contributed by atoms with Gasteiger partial charge >= 0.3 is 0 Å². The first kappa shape index (κ1) is 16.5. The second-order valence-corrected chi connectivity index (χ2v) is 6.79. The normalized spacial score (nSPS) is 12.8. The molecule has 0 aliphatic heterocycles. The minimum absolute atomic E-state index is 0.179. The molecule has 0 aliphatic rings. The van der Waals surface area contributed by atoms with Gasteiger partial charge in [-0.3, -0.25) is 4.18 Å². The molecule has 0 unspecified atom stereocenters. The standard InChI is InChI=1S/C17H20O4S/c1-14(21-22(2,18)19)13-20-17-11-7-6-10-16(17)12-15-8-4-3-5-9-15/h3-11,14H,12-13H2,1-2H3/t14-/m0/s1. The van der Waals surface area contributed by atoms with Gasteiger partial charge in [0.1, 0.15) is 18.5 Å². The van der Waals surface area contributed by atoms with Crippen LogP contribution >= 0.6 is 0 Å². The molecule has 4 nitrogen and oxygen atoms in total. The molecule has 0 saturated carbocycles. The molecule has 0 saturated heterocycles. The minimum atomic E-state index is -3.47. The molecular formula is C17H20O4S. The van der Waals surface area contributed by atoms with Crippen molar-refractivity contribution in [2.45, 2.75) is 19.4 Å². The van der Waals surface area contributed by atoms with Crippen LogP contribution in [-0.4, -0.2) is 27.4 Å². The molecule has 5 heteroatoms. The van der Waals surface area contributed by atoms with Crippen molar-refractivity contribution in [3.63, 3.8) is 0 Å². The number of ether oxygens (including phenoxy) is 1. The number of para-hydroxylation sites is 1. The molecule has 0 aromatic heterocycles. The first-order valence-corrected chi connectivity index (χ1v) is 8.88. The number of benzene rings is 2. The predicted molar refractivity (Wildman–Crippen MR) is 86.6 cm³/mol. The summed E-state index contributed by atoms with van der Waals surface area (Å²) in [6.45, 7) is 1.85. The van der Waals surface area contributed by atoms with Gasteiger partial charge in [0, 0.05) is 6.42 Å². The van der Waals surface area contributed by atoms with Crippen molar-refractivity contribution in [3.05, 3.63) is 65.7 Å². The molecule has 0 fully saturated rings. The maximum atomic E-state index is 11.1. The van der Waals surface area contributed by atoms with Crippen molar-refractivity contribution in [1.29, 1.82) is 0 Å². The Bertz CT molecular complexity index is 696. The Kier molecular flexibility index (Phi) is 5.57. The second-order valence-electron chi connectivity index (χ2n) is 5.19. The van der Waals surface area contributed by atoms with E-state index in [2.05, 4.69) is 12.1 Å². The molecule has 2 aromatic carbocycles. The monoisotopic (exact) mass is 320 g/mol. The van der Waals surface area contributed by atoms with Crippen molar-refractivity contribution in [1.82, 2.24) is 0 Å². The minimum Gasteiger partial charge on any atom is -0.491 e. The molecule has 2 rings (SSSR count). The zero-order valence-electron chi connectivity index (χ0n) is 12.7. The van der Waals surface area contributed by atoms with E-state index in [1.165, 1.54) is 5.56 Å². The maximum Gasteiger partial charge on any atom is 0.264 e. The van der Waals surface area contributed by atoms with Crippen molar-refractivity contribution in [3.8, 4) is 5.75 Å². The Balaban J connectivity index is 2.02. The summed E-state index contributed by atoms with van der Waals surface area (Å²) in [6, 6.07) is 17.8. The van der Waals surface area contributed by atoms with Crippen LogP contribution in [0.25, 0.3) is 0 Å². The first-order valence-electron chi connectivity index (χ1n) is 7.07. The quantitative estimate of drug-likeness (QED) is 0.736. The van der Waals surface area contributed by atoms with Gasteiger partial charge in [-0.05, 0) is 24.1 Å². The third kappa shape index (κ3) is 5.50. The number of hydrogen-bond donors (Lipinski definition) is 0. The average molecular weight is 320 g/mol. The predicted octanol–water partition coefficient (Wildman–Crippen LogP) is 3.02. The molecular weight excluding hydrogens is 300 g/mol. The van der Waals surface area contributed by atoms with Gasteiger partial charge in [0.05, 0.1) is 6.26 Å². The van der Waals surface area contributed by atoms with Crippen LogP contribution < -0.4 is 4.74 Å². The molecule has 118 valence electrons. The summed E-state index contributed by atoms with van der Waals surface area (Å²) >= 11 is 0. The van der Waals surface area contributed by atoms with Gasteiger partial charge < -0.3 is 4.74 Å². The summed E-state index contributed by atoms with van der Waals surface area (Å²) in [7, 11) is -3.47. The number of hydrogen-bond acceptors (Lipinski definition) is 4. The first-order chi connectivity index (χ1) is 10.4. The largest absolute Gasteiger partial charge is 0.491 e. The van der Waals surface area contributed by atoms with E-state index in [4.69, 9.17) is 8.92 Å².